The van der Waals surface area contributed by atoms with Crippen LogP contribution in [0.3, 0.4) is 0 Å². The van der Waals surface area contributed by atoms with Crippen molar-refractivity contribution in [1.29, 1.82) is 0 Å². The molecule has 0 aromatic heterocycles. The predicted octanol–water partition coefficient (Wildman–Crippen LogP) is -4.42. The molecular weight excluding hydrogens is 328 g/mol. The summed E-state index contributed by atoms with van der Waals surface area (Å²) in [7, 11) is 0. The van der Waals surface area contributed by atoms with Gasteiger partial charge in [-0.05, 0) is 12.5 Å². The highest BCUT2D eigenvalue weighted by molar-refractivity contribution is 5.11. The van der Waals surface area contributed by atoms with Gasteiger partial charge in [-0.3, -0.25) is 0 Å². The highest BCUT2D eigenvalue weighted by atomic mass is 16.5. The summed E-state index contributed by atoms with van der Waals surface area (Å²) in [5.74, 6) is -0.121. The van der Waals surface area contributed by atoms with Gasteiger partial charge in [0, 0.05) is 0 Å². The molecule has 2 saturated heterocycles. The topological polar surface area (TPSA) is 180 Å². The molecule has 0 aliphatic carbocycles. The lowest BCUT2D eigenvalue weighted by Gasteiger charge is -2.40. The van der Waals surface area contributed by atoms with Crippen molar-refractivity contribution in [2.24, 2.45) is 0 Å². The van der Waals surface area contributed by atoms with Crippen LogP contribution in [-0.4, -0.2) is 109 Å². The van der Waals surface area contributed by atoms with E-state index in [9.17, 15) is 30.6 Å². The first kappa shape index (κ1) is 19.5. The molecule has 0 bridgehead atoms. The van der Waals surface area contributed by atoms with Gasteiger partial charge in [-0.1, -0.05) is 0 Å². The molecule has 2 aliphatic heterocycles. The highest BCUT2D eigenvalue weighted by Crippen LogP contribution is 2.27. The second-order valence-electron chi connectivity index (χ2n) is 5.97. The van der Waals surface area contributed by atoms with Crippen LogP contribution in [0.4, 0.5) is 0 Å². The highest BCUT2D eigenvalue weighted by Gasteiger charge is 2.44. The molecule has 0 aromatic carbocycles. The SMILES string of the molecule is OCC1OC(=CCC2OC(CO)C(O)C(O)C2O)C(O)C(O)C1O. The summed E-state index contributed by atoms with van der Waals surface area (Å²) in [5.41, 5.74) is 0. The molecule has 0 radical (unpaired) electrons. The third-order valence-corrected chi connectivity index (χ3v) is 4.36. The van der Waals surface area contributed by atoms with E-state index in [1.54, 1.807) is 0 Å². The molecule has 10 nitrogen and oxygen atoms in total. The number of hydrogen-bond donors (Lipinski definition) is 8. The Bertz CT molecular complexity index is 439. The van der Waals surface area contributed by atoms with Crippen LogP contribution in [0.1, 0.15) is 6.42 Å². The lowest BCUT2D eigenvalue weighted by molar-refractivity contribution is -0.228. The summed E-state index contributed by atoms with van der Waals surface area (Å²) >= 11 is 0. The van der Waals surface area contributed by atoms with Gasteiger partial charge in [0.25, 0.3) is 0 Å². The van der Waals surface area contributed by atoms with E-state index in [4.69, 9.17) is 19.7 Å². The molecule has 0 saturated carbocycles. The summed E-state index contributed by atoms with van der Waals surface area (Å²) in [5, 5.41) is 76.9. The van der Waals surface area contributed by atoms with Gasteiger partial charge in [0.05, 0.1) is 19.3 Å². The van der Waals surface area contributed by atoms with Crippen LogP contribution < -0.4 is 0 Å². The Morgan fingerprint density at radius 3 is 1.83 bits per heavy atom. The van der Waals surface area contributed by atoms with Gasteiger partial charge in [-0.25, -0.2) is 0 Å². The molecule has 9 unspecified atom stereocenters. The van der Waals surface area contributed by atoms with Gasteiger partial charge in [0.1, 0.15) is 54.6 Å². The number of hydrogen-bond acceptors (Lipinski definition) is 10. The van der Waals surface area contributed by atoms with Crippen molar-refractivity contribution in [1.82, 2.24) is 0 Å². The zero-order valence-electron chi connectivity index (χ0n) is 12.8. The molecule has 8 N–H and O–H groups in total. The molecule has 0 aromatic rings. The van der Waals surface area contributed by atoms with Crippen molar-refractivity contribution in [3.8, 4) is 0 Å². The molecule has 140 valence electrons. The van der Waals surface area contributed by atoms with E-state index in [1.807, 2.05) is 0 Å². The van der Waals surface area contributed by atoms with Crippen LogP contribution >= 0.6 is 0 Å². The minimum Gasteiger partial charge on any atom is -0.487 e. The summed E-state index contributed by atoms with van der Waals surface area (Å²) in [4.78, 5) is 0. The first-order chi connectivity index (χ1) is 11.3. The Morgan fingerprint density at radius 2 is 1.25 bits per heavy atom. The average molecular weight is 352 g/mol. The lowest BCUT2D eigenvalue weighted by atomic mass is 9.92. The number of aliphatic hydroxyl groups is 8. The standard InChI is InChI=1S/C14H24O10/c15-3-7-11(19)13(21)9(17)5(23-7)1-2-6-10(18)14(22)12(20)8(4-16)24-6/h1,6-22H,2-4H2. The fraction of sp³-hybridized carbons (Fsp3) is 0.857. The van der Waals surface area contributed by atoms with Gasteiger partial charge in [-0.15, -0.1) is 0 Å². The maximum atomic E-state index is 9.93. The van der Waals surface area contributed by atoms with Crippen LogP contribution in [0.5, 0.6) is 0 Å². The van der Waals surface area contributed by atoms with Crippen LogP contribution in [0.25, 0.3) is 0 Å². The molecule has 9 atom stereocenters. The lowest BCUT2D eigenvalue weighted by Crippen LogP contribution is -2.58. The molecule has 2 rings (SSSR count). The summed E-state index contributed by atoms with van der Waals surface area (Å²) in [6, 6.07) is 0. The third kappa shape index (κ3) is 3.72. The first-order valence-electron chi connectivity index (χ1n) is 7.64. The zero-order chi connectivity index (χ0) is 18.0. The summed E-state index contributed by atoms with van der Waals surface area (Å²) in [6.07, 6.45) is -10.9. The minimum atomic E-state index is -1.56. The van der Waals surface area contributed by atoms with Gasteiger partial charge < -0.3 is 50.3 Å². The third-order valence-electron chi connectivity index (χ3n) is 4.36. The van der Waals surface area contributed by atoms with E-state index in [-0.39, 0.29) is 12.2 Å². The van der Waals surface area contributed by atoms with E-state index >= 15 is 0 Å². The fourth-order valence-electron chi connectivity index (χ4n) is 2.81. The van der Waals surface area contributed by atoms with Crippen molar-refractivity contribution in [2.75, 3.05) is 13.2 Å². The Morgan fingerprint density at radius 1 is 0.708 bits per heavy atom. The molecule has 2 fully saturated rings. The monoisotopic (exact) mass is 352 g/mol. The average Bonchev–Trinajstić information content (AvgIpc) is 2.58. The number of rotatable bonds is 4. The second kappa shape index (κ2) is 8.04. The summed E-state index contributed by atoms with van der Waals surface area (Å²) < 4.78 is 10.5. The quantitative estimate of drug-likeness (QED) is 0.246. The molecule has 24 heavy (non-hydrogen) atoms. The van der Waals surface area contributed by atoms with Crippen LogP contribution in [0, 0.1) is 0 Å². The Kier molecular flexibility index (Phi) is 6.53. The van der Waals surface area contributed by atoms with Gasteiger partial charge in [-0.2, -0.15) is 0 Å². The van der Waals surface area contributed by atoms with Crippen LogP contribution in [0.15, 0.2) is 11.8 Å². The van der Waals surface area contributed by atoms with Crippen molar-refractivity contribution in [2.45, 2.75) is 61.4 Å². The fourth-order valence-corrected chi connectivity index (χ4v) is 2.81. The second-order valence-corrected chi connectivity index (χ2v) is 5.97. The van der Waals surface area contributed by atoms with Crippen molar-refractivity contribution in [3.63, 3.8) is 0 Å². The molecule has 0 spiro atoms. The van der Waals surface area contributed by atoms with Gasteiger partial charge in [0.15, 0.2) is 0 Å². The first-order valence-corrected chi connectivity index (χ1v) is 7.64. The smallest absolute Gasteiger partial charge is 0.150 e. The molecule has 2 heterocycles. The Balaban J connectivity index is 2.08. The minimum absolute atomic E-state index is 0.0746. The number of ether oxygens (including phenoxy) is 2. The molecular formula is C14H24O10. The van der Waals surface area contributed by atoms with Crippen molar-refractivity contribution >= 4 is 0 Å². The van der Waals surface area contributed by atoms with Crippen molar-refractivity contribution < 1.29 is 50.3 Å². The van der Waals surface area contributed by atoms with Gasteiger partial charge in [0.2, 0.25) is 0 Å². The predicted molar refractivity (Wildman–Crippen MR) is 76.4 cm³/mol. The van der Waals surface area contributed by atoms with E-state index in [0.29, 0.717) is 0 Å². The van der Waals surface area contributed by atoms with E-state index < -0.39 is 68.1 Å². The zero-order valence-corrected chi connectivity index (χ0v) is 12.8. The largest absolute Gasteiger partial charge is 0.487 e. The number of aliphatic hydroxyl groups excluding tert-OH is 8. The maximum Gasteiger partial charge on any atom is 0.150 e. The normalized spacial score (nSPS) is 48.3. The summed E-state index contributed by atoms with van der Waals surface area (Å²) in [6.45, 7) is -1.14. The van der Waals surface area contributed by atoms with E-state index in [1.165, 1.54) is 6.08 Å². The van der Waals surface area contributed by atoms with E-state index in [2.05, 4.69) is 0 Å². The molecule has 0 amide bonds. The van der Waals surface area contributed by atoms with Crippen LogP contribution in [-0.2, 0) is 9.47 Å². The van der Waals surface area contributed by atoms with E-state index in [0.717, 1.165) is 0 Å². The van der Waals surface area contributed by atoms with Crippen molar-refractivity contribution in [3.05, 3.63) is 11.8 Å². The van der Waals surface area contributed by atoms with Gasteiger partial charge >= 0.3 is 0 Å². The molecule has 2 aliphatic rings. The maximum absolute atomic E-state index is 9.93. The molecule has 10 heteroatoms. The Hall–Kier alpha value is -0.820. The van der Waals surface area contributed by atoms with Crippen LogP contribution in [0.2, 0.25) is 0 Å². The Labute approximate surface area is 137 Å².